The highest BCUT2D eigenvalue weighted by Crippen LogP contribution is 2.21. The minimum absolute atomic E-state index is 0.00815. The summed E-state index contributed by atoms with van der Waals surface area (Å²) in [6.07, 6.45) is 0. The number of amides is 1. The van der Waals surface area contributed by atoms with Gasteiger partial charge in [0, 0.05) is 21.3 Å². The van der Waals surface area contributed by atoms with Crippen molar-refractivity contribution < 1.29 is 18.3 Å². The number of ether oxygens (including phenoxy) is 1. The van der Waals surface area contributed by atoms with Gasteiger partial charge in [-0.1, -0.05) is 23.2 Å². The zero-order valence-corrected chi connectivity index (χ0v) is 12.0. The van der Waals surface area contributed by atoms with E-state index in [1.54, 1.807) is 0 Å². The molecule has 0 aromatic heterocycles. The van der Waals surface area contributed by atoms with Crippen molar-refractivity contribution in [1.82, 2.24) is 0 Å². The number of carbonyl (C=O) groups excluding carboxylic acids is 1. The molecule has 0 radical (unpaired) electrons. The predicted molar refractivity (Wildman–Crippen MR) is 77.5 cm³/mol. The minimum atomic E-state index is -2.89. The van der Waals surface area contributed by atoms with Gasteiger partial charge >= 0.3 is 6.61 Å². The lowest BCUT2D eigenvalue weighted by Gasteiger charge is -2.08. The van der Waals surface area contributed by atoms with E-state index in [0.29, 0.717) is 21.3 Å². The van der Waals surface area contributed by atoms with E-state index in [2.05, 4.69) is 10.1 Å². The van der Waals surface area contributed by atoms with E-state index in [4.69, 9.17) is 23.2 Å². The first kappa shape index (κ1) is 15.5. The van der Waals surface area contributed by atoms with E-state index >= 15 is 0 Å². The van der Waals surface area contributed by atoms with Gasteiger partial charge in [0.15, 0.2) is 0 Å². The summed E-state index contributed by atoms with van der Waals surface area (Å²) in [6.45, 7) is -2.89. The highest BCUT2D eigenvalue weighted by molar-refractivity contribution is 6.35. The first-order chi connectivity index (χ1) is 9.94. The Balaban J connectivity index is 2.08. The number of alkyl halides is 2. The summed E-state index contributed by atoms with van der Waals surface area (Å²) in [5.41, 5.74) is 0.720. The lowest BCUT2D eigenvalue weighted by Crippen LogP contribution is -2.11. The fourth-order valence-corrected chi connectivity index (χ4v) is 2.13. The van der Waals surface area contributed by atoms with Crippen LogP contribution in [-0.4, -0.2) is 12.5 Å². The van der Waals surface area contributed by atoms with Gasteiger partial charge in [-0.3, -0.25) is 4.79 Å². The normalized spacial score (nSPS) is 10.5. The highest BCUT2D eigenvalue weighted by Gasteiger charge is 2.09. The van der Waals surface area contributed by atoms with Crippen LogP contribution in [0.5, 0.6) is 5.75 Å². The van der Waals surface area contributed by atoms with Gasteiger partial charge in [-0.25, -0.2) is 0 Å². The summed E-state index contributed by atoms with van der Waals surface area (Å²) in [5, 5.41) is 3.28. The third-order valence-corrected chi connectivity index (χ3v) is 2.90. The van der Waals surface area contributed by atoms with Crippen molar-refractivity contribution >= 4 is 34.8 Å². The molecule has 0 heterocycles. The topological polar surface area (TPSA) is 38.3 Å². The summed E-state index contributed by atoms with van der Waals surface area (Å²) >= 11 is 11.6. The third-order valence-electron chi connectivity index (χ3n) is 2.46. The van der Waals surface area contributed by atoms with Crippen LogP contribution >= 0.6 is 23.2 Å². The van der Waals surface area contributed by atoms with Gasteiger partial charge < -0.3 is 10.1 Å². The van der Waals surface area contributed by atoms with Crippen LogP contribution < -0.4 is 10.1 Å². The van der Waals surface area contributed by atoms with Crippen molar-refractivity contribution in [3.63, 3.8) is 0 Å². The monoisotopic (exact) mass is 331 g/mol. The lowest BCUT2D eigenvalue weighted by molar-refractivity contribution is -0.0498. The van der Waals surface area contributed by atoms with Gasteiger partial charge in [0.2, 0.25) is 0 Å². The van der Waals surface area contributed by atoms with Crippen molar-refractivity contribution in [3.8, 4) is 5.75 Å². The van der Waals surface area contributed by atoms with E-state index in [-0.39, 0.29) is 5.75 Å². The van der Waals surface area contributed by atoms with E-state index in [1.165, 1.54) is 42.5 Å². The molecule has 21 heavy (non-hydrogen) atoms. The first-order valence-electron chi connectivity index (χ1n) is 5.76. The summed E-state index contributed by atoms with van der Waals surface area (Å²) in [5.74, 6) is -0.407. The second kappa shape index (κ2) is 6.74. The Hall–Kier alpha value is -1.85. The van der Waals surface area contributed by atoms with Gasteiger partial charge in [0.05, 0.1) is 0 Å². The van der Waals surface area contributed by atoms with Crippen LogP contribution in [0.4, 0.5) is 14.5 Å². The van der Waals surface area contributed by atoms with Crippen molar-refractivity contribution in [2.75, 3.05) is 5.32 Å². The van der Waals surface area contributed by atoms with Crippen molar-refractivity contribution in [1.29, 1.82) is 0 Å². The van der Waals surface area contributed by atoms with Gasteiger partial charge in [-0.15, -0.1) is 0 Å². The molecule has 1 amide bonds. The molecule has 2 rings (SSSR count). The molecular weight excluding hydrogens is 323 g/mol. The molecular formula is C14H9Cl2F2NO2. The molecule has 0 spiro atoms. The smallest absolute Gasteiger partial charge is 0.387 e. The number of nitrogens with one attached hydrogen (secondary N) is 1. The Morgan fingerprint density at radius 3 is 2.14 bits per heavy atom. The van der Waals surface area contributed by atoms with Gasteiger partial charge in [0.1, 0.15) is 5.75 Å². The molecule has 0 saturated heterocycles. The number of halogens is 4. The van der Waals surface area contributed by atoms with Crippen molar-refractivity contribution in [2.45, 2.75) is 6.61 Å². The maximum Gasteiger partial charge on any atom is 0.387 e. The van der Waals surface area contributed by atoms with Gasteiger partial charge in [-0.05, 0) is 42.5 Å². The maximum absolute atomic E-state index is 12.0. The zero-order valence-electron chi connectivity index (χ0n) is 10.4. The Labute approximate surface area is 129 Å². The Morgan fingerprint density at radius 2 is 1.62 bits per heavy atom. The number of anilines is 1. The molecule has 2 aromatic rings. The molecule has 0 aliphatic carbocycles. The fourth-order valence-electron chi connectivity index (χ4n) is 1.61. The summed E-state index contributed by atoms with van der Waals surface area (Å²) in [7, 11) is 0. The van der Waals surface area contributed by atoms with E-state index in [9.17, 15) is 13.6 Å². The predicted octanol–water partition coefficient (Wildman–Crippen LogP) is 4.85. The molecule has 3 nitrogen and oxygen atoms in total. The largest absolute Gasteiger partial charge is 0.435 e. The molecule has 110 valence electrons. The summed E-state index contributed by atoms with van der Waals surface area (Å²) < 4.78 is 28.2. The first-order valence-corrected chi connectivity index (χ1v) is 6.52. The SMILES string of the molecule is O=C(Nc1ccc(OC(F)F)cc1)c1cc(Cl)cc(Cl)c1. The number of benzene rings is 2. The third kappa shape index (κ3) is 4.58. The number of carbonyl (C=O) groups is 1. The highest BCUT2D eigenvalue weighted by atomic mass is 35.5. The average Bonchev–Trinajstić information content (AvgIpc) is 2.39. The van der Waals surface area contributed by atoms with E-state index in [1.807, 2.05) is 0 Å². The molecule has 0 saturated carbocycles. The molecule has 0 fully saturated rings. The van der Waals surface area contributed by atoms with Crippen LogP contribution in [0.15, 0.2) is 42.5 Å². The summed E-state index contributed by atoms with van der Waals surface area (Å²) in [6, 6.07) is 9.99. The second-order valence-electron chi connectivity index (χ2n) is 4.02. The average molecular weight is 332 g/mol. The maximum atomic E-state index is 12.0. The molecule has 1 N–H and O–H groups in total. The second-order valence-corrected chi connectivity index (χ2v) is 4.89. The van der Waals surface area contributed by atoms with Gasteiger partial charge in [-0.2, -0.15) is 8.78 Å². The minimum Gasteiger partial charge on any atom is -0.435 e. The van der Waals surface area contributed by atoms with Crippen molar-refractivity contribution in [2.24, 2.45) is 0 Å². The molecule has 2 aromatic carbocycles. The van der Waals surface area contributed by atoms with Crippen LogP contribution in [0.3, 0.4) is 0 Å². The number of rotatable bonds is 4. The van der Waals surface area contributed by atoms with Crippen LogP contribution in [0.1, 0.15) is 10.4 Å². The van der Waals surface area contributed by atoms with Gasteiger partial charge in [0.25, 0.3) is 5.91 Å². The van der Waals surface area contributed by atoms with E-state index < -0.39 is 12.5 Å². The van der Waals surface area contributed by atoms with Crippen LogP contribution in [0.25, 0.3) is 0 Å². The molecule has 0 aliphatic heterocycles. The lowest BCUT2D eigenvalue weighted by atomic mass is 10.2. The Kier molecular flexibility index (Phi) is 4.98. The summed E-state index contributed by atoms with van der Waals surface area (Å²) in [4.78, 5) is 12.0. The fraction of sp³-hybridized carbons (Fsp3) is 0.0714. The van der Waals surface area contributed by atoms with Crippen LogP contribution in [0, 0.1) is 0 Å². The molecule has 0 unspecified atom stereocenters. The standard InChI is InChI=1S/C14H9Cl2F2NO2/c15-9-5-8(6-10(16)7-9)13(20)19-11-1-3-12(4-2-11)21-14(17)18/h1-7,14H,(H,19,20). The molecule has 0 atom stereocenters. The van der Waals surface area contributed by atoms with Crippen LogP contribution in [-0.2, 0) is 0 Å². The molecule has 7 heteroatoms. The molecule has 0 bridgehead atoms. The van der Waals surface area contributed by atoms with Crippen LogP contribution in [0.2, 0.25) is 10.0 Å². The molecule has 0 aliphatic rings. The van der Waals surface area contributed by atoms with Crippen molar-refractivity contribution in [3.05, 3.63) is 58.1 Å². The quantitative estimate of drug-likeness (QED) is 0.869. The zero-order chi connectivity index (χ0) is 15.4. The number of hydrogen-bond donors (Lipinski definition) is 1. The Bertz CT molecular complexity index is 628. The Morgan fingerprint density at radius 1 is 1.05 bits per heavy atom. The van der Waals surface area contributed by atoms with E-state index in [0.717, 1.165) is 0 Å². The number of hydrogen-bond acceptors (Lipinski definition) is 2.